The summed E-state index contributed by atoms with van der Waals surface area (Å²) in [6, 6.07) is 21.1. The summed E-state index contributed by atoms with van der Waals surface area (Å²) < 4.78 is 0. The zero-order valence-corrected chi connectivity index (χ0v) is 20.6. The molecule has 0 atom stereocenters. The molecule has 2 aromatic rings. The Morgan fingerprint density at radius 2 is 0.969 bits per heavy atom. The number of rotatable bonds is 17. The first-order valence-electron chi connectivity index (χ1n) is 13.0. The van der Waals surface area contributed by atoms with Gasteiger partial charge in [-0.2, -0.15) is 0 Å². The molecule has 0 bridgehead atoms. The number of nitrogens with zero attached hydrogens (tertiary/aromatic N) is 1. The predicted octanol–water partition coefficient (Wildman–Crippen LogP) is 9.58. The molecule has 32 heavy (non-hydrogen) atoms. The van der Waals surface area contributed by atoms with Crippen LogP contribution in [0.1, 0.15) is 95.6 Å². The van der Waals surface area contributed by atoms with E-state index in [1.807, 2.05) is 0 Å². The third-order valence-corrected chi connectivity index (χ3v) is 5.96. The van der Waals surface area contributed by atoms with Crippen molar-refractivity contribution in [3.63, 3.8) is 0 Å². The molecule has 0 aliphatic heterocycles. The van der Waals surface area contributed by atoms with Gasteiger partial charge < -0.3 is 4.90 Å². The van der Waals surface area contributed by atoms with E-state index >= 15 is 0 Å². The first-order valence-corrected chi connectivity index (χ1v) is 13.0. The van der Waals surface area contributed by atoms with Crippen LogP contribution in [0.4, 0.5) is 0 Å². The Morgan fingerprint density at radius 1 is 0.562 bits per heavy atom. The molecule has 2 rings (SSSR count). The Morgan fingerprint density at radius 3 is 1.41 bits per heavy atom. The Hall–Kier alpha value is -2.28. The third-order valence-electron chi connectivity index (χ3n) is 5.96. The van der Waals surface area contributed by atoms with Crippen LogP contribution in [0.25, 0.3) is 12.2 Å². The highest BCUT2D eigenvalue weighted by molar-refractivity contribution is 5.51. The fourth-order valence-electron chi connectivity index (χ4n) is 3.95. The molecule has 0 unspecified atom stereocenters. The highest BCUT2D eigenvalue weighted by atomic mass is 15.1. The van der Waals surface area contributed by atoms with E-state index < -0.39 is 0 Å². The molecule has 0 fully saturated rings. The smallest absolute Gasteiger partial charge is 0.0219 e. The second-order valence-corrected chi connectivity index (χ2v) is 9.41. The SMILES string of the molecule is CC(C)CCCCCCCCCCCCN(C=Cc1ccccc1)C=Cc1ccccc1. The quantitative estimate of drug-likeness (QED) is 0.225. The van der Waals surface area contributed by atoms with Crippen LogP contribution in [-0.2, 0) is 0 Å². The highest BCUT2D eigenvalue weighted by Crippen LogP contribution is 2.14. The highest BCUT2D eigenvalue weighted by Gasteiger charge is 1.98. The summed E-state index contributed by atoms with van der Waals surface area (Å²) >= 11 is 0. The van der Waals surface area contributed by atoms with E-state index in [0.717, 1.165) is 12.5 Å². The van der Waals surface area contributed by atoms with Crippen LogP contribution >= 0.6 is 0 Å². The molecule has 0 radical (unpaired) electrons. The summed E-state index contributed by atoms with van der Waals surface area (Å²) in [5, 5.41) is 0. The molecule has 0 spiro atoms. The second-order valence-electron chi connectivity index (χ2n) is 9.41. The molecule has 0 aromatic heterocycles. The van der Waals surface area contributed by atoms with Crippen molar-refractivity contribution in [2.75, 3.05) is 6.54 Å². The summed E-state index contributed by atoms with van der Waals surface area (Å²) in [6.45, 7) is 5.74. The standard InChI is InChI=1S/C31H45N/c1-29(2)19-13-9-7-5-3-4-6-8-10-18-26-32(27-24-30-20-14-11-15-21-30)28-25-31-22-16-12-17-23-31/h11-12,14-17,20-25,27-29H,3-10,13,18-19,26H2,1-2H3. The molecule has 1 heteroatoms. The number of hydrogen-bond donors (Lipinski definition) is 0. The van der Waals surface area contributed by atoms with Gasteiger partial charge in [0.1, 0.15) is 0 Å². The van der Waals surface area contributed by atoms with Crippen molar-refractivity contribution >= 4 is 12.2 Å². The summed E-state index contributed by atoms with van der Waals surface area (Å²) in [5.41, 5.74) is 2.49. The van der Waals surface area contributed by atoms with Crippen LogP contribution in [0.15, 0.2) is 73.1 Å². The summed E-state index contributed by atoms with van der Waals surface area (Å²) in [6.07, 6.45) is 24.1. The Balaban J connectivity index is 1.63. The maximum Gasteiger partial charge on any atom is 0.0219 e. The fraction of sp³-hybridized carbons (Fsp3) is 0.484. The molecule has 1 nitrogen and oxygen atoms in total. The topological polar surface area (TPSA) is 3.24 Å². The average Bonchev–Trinajstić information content (AvgIpc) is 2.82. The van der Waals surface area contributed by atoms with Gasteiger partial charge in [0, 0.05) is 18.9 Å². The van der Waals surface area contributed by atoms with Crippen LogP contribution in [0.5, 0.6) is 0 Å². The molecule has 174 valence electrons. The summed E-state index contributed by atoms with van der Waals surface area (Å²) in [4.78, 5) is 2.33. The van der Waals surface area contributed by atoms with E-state index in [1.165, 1.54) is 81.8 Å². The van der Waals surface area contributed by atoms with E-state index in [1.54, 1.807) is 0 Å². The van der Waals surface area contributed by atoms with Crippen molar-refractivity contribution in [2.45, 2.75) is 84.5 Å². The zero-order valence-electron chi connectivity index (χ0n) is 20.6. The lowest BCUT2D eigenvalue weighted by Crippen LogP contribution is -2.11. The van der Waals surface area contributed by atoms with Crippen LogP contribution < -0.4 is 0 Å². The number of hydrogen-bond acceptors (Lipinski definition) is 1. The van der Waals surface area contributed by atoms with Crippen LogP contribution in [0.2, 0.25) is 0 Å². The van der Waals surface area contributed by atoms with Crippen molar-refractivity contribution in [2.24, 2.45) is 5.92 Å². The van der Waals surface area contributed by atoms with Gasteiger partial charge in [-0.05, 0) is 35.6 Å². The first kappa shape index (κ1) is 26.0. The third kappa shape index (κ3) is 13.2. The molecule has 0 saturated carbocycles. The lowest BCUT2D eigenvalue weighted by atomic mass is 10.0. The largest absolute Gasteiger partial charge is 0.354 e. The van der Waals surface area contributed by atoms with Gasteiger partial charge in [0.15, 0.2) is 0 Å². The molecule has 2 aromatic carbocycles. The maximum atomic E-state index is 2.33. The zero-order chi connectivity index (χ0) is 22.7. The minimum Gasteiger partial charge on any atom is -0.354 e. The molecular formula is C31H45N. The first-order chi connectivity index (χ1) is 15.7. The van der Waals surface area contributed by atoms with E-state index in [4.69, 9.17) is 0 Å². The minimum atomic E-state index is 0.869. The van der Waals surface area contributed by atoms with Crippen molar-refractivity contribution in [1.82, 2.24) is 4.90 Å². The summed E-state index contributed by atoms with van der Waals surface area (Å²) in [5.74, 6) is 0.869. The van der Waals surface area contributed by atoms with Gasteiger partial charge in [0.2, 0.25) is 0 Å². The van der Waals surface area contributed by atoms with Gasteiger partial charge in [-0.1, -0.05) is 139 Å². The molecular weight excluding hydrogens is 386 g/mol. The fourth-order valence-corrected chi connectivity index (χ4v) is 3.95. The normalized spacial score (nSPS) is 11.7. The average molecular weight is 432 g/mol. The van der Waals surface area contributed by atoms with E-state index in [2.05, 4.69) is 104 Å². The molecule has 0 amide bonds. The minimum absolute atomic E-state index is 0.869. The van der Waals surface area contributed by atoms with Gasteiger partial charge in [0.25, 0.3) is 0 Å². The Bertz CT molecular complexity index is 680. The summed E-state index contributed by atoms with van der Waals surface area (Å²) in [7, 11) is 0. The Kier molecular flexibility index (Phi) is 14.0. The molecule has 0 heterocycles. The monoisotopic (exact) mass is 431 g/mol. The number of benzene rings is 2. The van der Waals surface area contributed by atoms with E-state index in [-0.39, 0.29) is 0 Å². The van der Waals surface area contributed by atoms with Crippen molar-refractivity contribution < 1.29 is 0 Å². The maximum absolute atomic E-state index is 2.33. The van der Waals surface area contributed by atoms with Crippen molar-refractivity contribution in [3.05, 3.63) is 84.2 Å². The van der Waals surface area contributed by atoms with Crippen molar-refractivity contribution in [3.8, 4) is 0 Å². The lowest BCUT2D eigenvalue weighted by Gasteiger charge is -2.15. The van der Waals surface area contributed by atoms with Gasteiger partial charge in [-0.15, -0.1) is 0 Å². The second kappa shape index (κ2) is 17.3. The van der Waals surface area contributed by atoms with Gasteiger partial charge >= 0.3 is 0 Å². The molecule has 0 saturated heterocycles. The van der Waals surface area contributed by atoms with Gasteiger partial charge in [-0.25, -0.2) is 0 Å². The lowest BCUT2D eigenvalue weighted by molar-refractivity contribution is 0.466. The van der Waals surface area contributed by atoms with E-state index in [9.17, 15) is 0 Å². The van der Waals surface area contributed by atoms with Crippen molar-refractivity contribution in [1.29, 1.82) is 0 Å². The van der Waals surface area contributed by atoms with Crippen LogP contribution in [0, 0.1) is 5.92 Å². The molecule has 0 aliphatic rings. The molecule has 0 N–H and O–H groups in total. The number of unbranched alkanes of at least 4 members (excludes halogenated alkanes) is 9. The van der Waals surface area contributed by atoms with Crippen LogP contribution in [-0.4, -0.2) is 11.4 Å². The predicted molar refractivity (Wildman–Crippen MR) is 143 cm³/mol. The van der Waals surface area contributed by atoms with Gasteiger partial charge in [-0.3, -0.25) is 0 Å². The van der Waals surface area contributed by atoms with Gasteiger partial charge in [0.05, 0.1) is 0 Å². The Labute approximate surface area is 198 Å². The molecule has 0 aliphatic carbocycles. The van der Waals surface area contributed by atoms with E-state index in [0.29, 0.717) is 0 Å². The van der Waals surface area contributed by atoms with Crippen LogP contribution in [0.3, 0.4) is 0 Å².